The van der Waals surface area contributed by atoms with E-state index >= 15 is 0 Å². The van der Waals surface area contributed by atoms with Gasteiger partial charge in [-0.1, -0.05) is 151 Å². The first-order valence-electron chi connectivity index (χ1n) is 24.2. The molecule has 0 fully saturated rings. The van der Waals surface area contributed by atoms with Gasteiger partial charge in [-0.15, -0.1) is 0 Å². The fourth-order valence-electron chi connectivity index (χ4n) is 10.3. The summed E-state index contributed by atoms with van der Waals surface area (Å²) in [5.41, 5.74) is 9.54. The molecule has 0 saturated heterocycles. The van der Waals surface area contributed by atoms with E-state index < -0.39 is 35.1 Å². The van der Waals surface area contributed by atoms with Crippen molar-refractivity contribution in [2.75, 3.05) is 0 Å². The van der Waals surface area contributed by atoms with Gasteiger partial charge in [-0.2, -0.15) is 0 Å². The van der Waals surface area contributed by atoms with Crippen LogP contribution in [0.2, 0.25) is 0 Å². The highest BCUT2D eigenvalue weighted by atomic mass is 16.5. The van der Waals surface area contributed by atoms with Gasteiger partial charge in [-0.25, -0.2) is 0 Å². The molecule has 0 amide bonds. The molecule has 0 spiro atoms. The van der Waals surface area contributed by atoms with E-state index in [1.807, 2.05) is 109 Å². The van der Waals surface area contributed by atoms with Gasteiger partial charge in [0, 0.05) is 58.7 Å². The Balaban J connectivity index is 1.02. The van der Waals surface area contributed by atoms with E-state index in [1.165, 1.54) is 0 Å². The molecule has 2 aliphatic rings. The number of phenolic OH excluding ortho intramolecular Hbond substituents is 2. The summed E-state index contributed by atoms with van der Waals surface area (Å²) in [7, 11) is 0. The van der Waals surface area contributed by atoms with Gasteiger partial charge in [-0.05, 0) is 102 Å². The van der Waals surface area contributed by atoms with Gasteiger partial charge in [-0.3, -0.25) is 9.98 Å². The Bertz CT molecular complexity index is 3120. The van der Waals surface area contributed by atoms with E-state index in [1.54, 1.807) is 12.4 Å². The molecule has 0 aromatic heterocycles. The number of aliphatic hydroxyl groups excluding tert-OH is 2. The molecule has 4 atom stereocenters. The van der Waals surface area contributed by atoms with Gasteiger partial charge in [0.25, 0.3) is 0 Å². The highest BCUT2D eigenvalue weighted by Crippen LogP contribution is 2.47. The van der Waals surface area contributed by atoms with Crippen LogP contribution in [0.3, 0.4) is 0 Å². The molecule has 0 radical (unpaired) electrons. The van der Waals surface area contributed by atoms with Crippen molar-refractivity contribution in [1.82, 2.24) is 0 Å². The van der Waals surface area contributed by atoms with Crippen molar-refractivity contribution in [2.45, 2.75) is 103 Å². The number of aromatic hydroxyl groups is 2. The zero-order valence-corrected chi connectivity index (χ0v) is 40.6. The van der Waals surface area contributed by atoms with Crippen LogP contribution in [-0.2, 0) is 36.9 Å². The summed E-state index contributed by atoms with van der Waals surface area (Å²) >= 11 is 0. The smallest absolute Gasteiger partial charge is 0.128 e. The minimum absolute atomic E-state index is 0.158. The maximum Gasteiger partial charge on any atom is 0.128 e. The predicted molar refractivity (Wildman–Crippen MR) is 282 cm³/mol. The molecule has 0 unspecified atom stereocenters. The normalized spacial score (nSPS) is 18.0. The van der Waals surface area contributed by atoms with Gasteiger partial charge in [0.1, 0.15) is 48.3 Å². The Morgan fingerprint density at radius 1 is 0.500 bits per heavy atom. The zero-order chi connectivity index (χ0) is 48.9. The second-order valence-corrected chi connectivity index (χ2v) is 20.9. The molecule has 0 bridgehead atoms. The van der Waals surface area contributed by atoms with Crippen molar-refractivity contribution < 1.29 is 29.9 Å². The highest BCUT2D eigenvalue weighted by Gasteiger charge is 2.32. The molecule has 0 saturated carbocycles. The summed E-state index contributed by atoms with van der Waals surface area (Å²) < 4.78 is 13.9. The van der Waals surface area contributed by atoms with Crippen LogP contribution in [-0.4, -0.2) is 45.1 Å². The zero-order valence-electron chi connectivity index (χ0n) is 40.6. The summed E-state index contributed by atoms with van der Waals surface area (Å²) in [6.45, 7) is 12.8. The van der Waals surface area contributed by atoms with E-state index in [2.05, 4.69) is 77.9 Å². The summed E-state index contributed by atoms with van der Waals surface area (Å²) in [6.07, 6.45) is 3.17. The molecule has 0 heterocycles. The highest BCUT2D eigenvalue weighted by molar-refractivity contribution is 6.09. The Kier molecular flexibility index (Phi) is 12.3. The fraction of sp³-hybridized carbons (Fsp3) is 0.258. The number of ether oxygens (including phenoxy) is 2. The van der Waals surface area contributed by atoms with E-state index in [0.29, 0.717) is 35.5 Å². The van der Waals surface area contributed by atoms with Crippen LogP contribution < -0.4 is 9.47 Å². The van der Waals surface area contributed by atoms with Gasteiger partial charge in [0.15, 0.2) is 0 Å². The summed E-state index contributed by atoms with van der Waals surface area (Å²) in [6, 6.07) is 47.8. The standard InChI is InChI=1S/C62H60N2O6/c1-61(2,3)49-29-37(27-43(59(49)67)33-63-57-47-21-13-9-17-41(47)31-51(57)65)35-69-53-25-23-39-15-7-11-19-45(39)55(53)56-46-20-12-8-16-40(46)24-26-54(56)70-36-38-28-44(60(68)50(30-38)62(4,5)6)34-64-58-48-22-14-10-18-42(48)32-52(58)66/h7-30,33-34,51-52,57-58,65-68H,31-32,35-36H2,1-6H3/t51-,52-,57-,58-/m1/s1. The van der Waals surface area contributed by atoms with Crippen LogP contribution in [0.25, 0.3) is 32.7 Å². The lowest BCUT2D eigenvalue weighted by atomic mass is 9.84. The molecule has 2 aliphatic carbocycles. The molecule has 8 nitrogen and oxygen atoms in total. The Hall–Kier alpha value is -7.26. The van der Waals surface area contributed by atoms with E-state index in [0.717, 1.165) is 77.2 Å². The second kappa shape index (κ2) is 18.6. The van der Waals surface area contributed by atoms with Crippen LogP contribution in [0.4, 0.5) is 0 Å². The molecule has 0 aliphatic heterocycles. The molecular formula is C62H60N2O6. The van der Waals surface area contributed by atoms with Crippen molar-refractivity contribution in [1.29, 1.82) is 0 Å². The SMILES string of the molecule is CC(C)(C)c1cc(COc2ccc3ccccc3c2-c2c(OCc3cc(C=N[C@@H]4c5ccccc5C[C@H]4O)c(O)c(C(C)(C)C)c3)ccc3ccccc23)cc(C=N[C@@H]2c3ccccc3C[C@H]2O)c1O. The average Bonchev–Trinajstić information content (AvgIpc) is 3.84. The maximum atomic E-state index is 11.7. The van der Waals surface area contributed by atoms with Crippen molar-refractivity contribution >= 4 is 34.0 Å². The molecule has 70 heavy (non-hydrogen) atoms. The van der Waals surface area contributed by atoms with Crippen molar-refractivity contribution in [3.05, 3.63) is 201 Å². The minimum atomic E-state index is -0.644. The number of hydrogen-bond acceptors (Lipinski definition) is 8. The van der Waals surface area contributed by atoms with Gasteiger partial charge >= 0.3 is 0 Å². The van der Waals surface area contributed by atoms with Gasteiger partial charge < -0.3 is 29.9 Å². The lowest BCUT2D eigenvalue weighted by Crippen LogP contribution is -2.14. The van der Waals surface area contributed by atoms with Crippen LogP contribution in [0.15, 0.2) is 156 Å². The molecule has 8 aromatic rings. The number of nitrogens with zero attached hydrogens (tertiary/aromatic N) is 2. The number of benzene rings is 8. The van der Waals surface area contributed by atoms with Crippen molar-refractivity contribution in [2.24, 2.45) is 9.98 Å². The molecule has 354 valence electrons. The summed E-state index contributed by atoms with van der Waals surface area (Å²) in [5.74, 6) is 1.65. The summed E-state index contributed by atoms with van der Waals surface area (Å²) in [5, 5.41) is 49.5. The first-order valence-corrected chi connectivity index (χ1v) is 24.2. The topological polar surface area (TPSA) is 124 Å². The second-order valence-electron chi connectivity index (χ2n) is 20.9. The first-order chi connectivity index (χ1) is 33.6. The van der Waals surface area contributed by atoms with E-state index in [4.69, 9.17) is 19.5 Å². The Morgan fingerprint density at radius 3 is 1.30 bits per heavy atom. The van der Waals surface area contributed by atoms with Crippen molar-refractivity contribution in [3.63, 3.8) is 0 Å². The minimum Gasteiger partial charge on any atom is -0.507 e. The van der Waals surface area contributed by atoms with Crippen LogP contribution in [0, 0.1) is 0 Å². The number of phenols is 2. The van der Waals surface area contributed by atoms with Crippen LogP contribution >= 0.6 is 0 Å². The first kappa shape index (κ1) is 46.5. The quantitative estimate of drug-likeness (QED) is 0.0958. The van der Waals surface area contributed by atoms with Gasteiger partial charge in [0.2, 0.25) is 0 Å². The summed E-state index contributed by atoms with van der Waals surface area (Å²) in [4.78, 5) is 9.74. The third-order valence-corrected chi connectivity index (χ3v) is 13.9. The predicted octanol–water partition coefficient (Wildman–Crippen LogP) is 13.0. The molecular weight excluding hydrogens is 869 g/mol. The Morgan fingerprint density at radius 2 is 0.886 bits per heavy atom. The largest absolute Gasteiger partial charge is 0.507 e. The Labute approximate surface area is 410 Å². The van der Waals surface area contributed by atoms with Crippen molar-refractivity contribution in [3.8, 4) is 34.1 Å². The van der Waals surface area contributed by atoms with Gasteiger partial charge in [0.05, 0.1) is 12.2 Å². The number of rotatable bonds is 11. The molecule has 8 heteroatoms. The van der Waals surface area contributed by atoms with E-state index in [9.17, 15) is 20.4 Å². The third-order valence-electron chi connectivity index (χ3n) is 13.9. The third kappa shape index (κ3) is 9.05. The van der Waals surface area contributed by atoms with E-state index in [-0.39, 0.29) is 24.7 Å². The number of aliphatic hydroxyl groups is 2. The number of fused-ring (bicyclic) bond motifs is 4. The number of aliphatic imine (C=N–C) groups is 2. The lowest BCUT2D eigenvalue weighted by Gasteiger charge is -2.24. The molecule has 8 aromatic carbocycles. The molecule has 10 rings (SSSR count). The number of hydrogen-bond donors (Lipinski definition) is 4. The molecule has 4 N–H and O–H groups in total. The van der Waals surface area contributed by atoms with Crippen LogP contribution in [0.1, 0.15) is 109 Å². The van der Waals surface area contributed by atoms with Crippen LogP contribution in [0.5, 0.6) is 23.0 Å². The lowest BCUT2D eigenvalue weighted by molar-refractivity contribution is 0.159. The monoisotopic (exact) mass is 928 g/mol. The fourth-order valence-corrected chi connectivity index (χ4v) is 10.3. The average molecular weight is 929 g/mol. The maximum absolute atomic E-state index is 11.7.